The monoisotopic (exact) mass is 329 g/mol. The van der Waals surface area contributed by atoms with Crippen molar-refractivity contribution in [2.24, 2.45) is 0 Å². The van der Waals surface area contributed by atoms with Crippen molar-refractivity contribution < 1.29 is 14.4 Å². The molecule has 24 heavy (non-hydrogen) atoms. The lowest BCUT2D eigenvalue weighted by Crippen LogP contribution is -2.54. The number of rotatable bonds is 7. The molecule has 1 amide bonds. The molecule has 4 heteroatoms. The van der Waals surface area contributed by atoms with Crippen LogP contribution in [0.4, 0.5) is 0 Å². The summed E-state index contributed by atoms with van der Waals surface area (Å²) in [6.45, 7) is 3.93. The second-order valence-corrected chi connectivity index (χ2v) is 6.47. The van der Waals surface area contributed by atoms with E-state index >= 15 is 0 Å². The molecule has 130 valence electrons. The number of hydrogen-bond donors (Lipinski definition) is 0. The van der Waals surface area contributed by atoms with Gasteiger partial charge in [0.25, 0.3) is 5.91 Å². The zero-order valence-corrected chi connectivity index (χ0v) is 14.7. The van der Waals surface area contributed by atoms with Gasteiger partial charge in [0.05, 0.1) is 6.04 Å². The first kappa shape index (κ1) is 18.4. The van der Waals surface area contributed by atoms with E-state index in [0.29, 0.717) is 31.2 Å². The van der Waals surface area contributed by atoms with Gasteiger partial charge in [-0.05, 0) is 31.4 Å². The van der Waals surface area contributed by atoms with Gasteiger partial charge < -0.3 is 4.90 Å². The summed E-state index contributed by atoms with van der Waals surface area (Å²) in [5, 5.41) is 0. The largest absolute Gasteiger partial charge is 0.326 e. The summed E-state index contributed by atoms with van der Waals surface area (Å²) in [6.07, 6.45) is 4.39. The van der Waals surface area contributed by atoms with Crippen molar-refractivity contribution >= 4 is 17.5 Å². The Morgan fingerprint density at radius 2 is 1.83 bits per heavy atom. The molecule has 1 aromatic carbocycles. The van der Waals surface area contributed by atoms with Gasteiger partial charge in [0.2, 0.25) is 0 Å². The van der Waals surface area contributed by atoms with Crippen LogP contribution in [-0.4, -0.2) is 34.5 Å². The van der Waals surface area contributed by atoms with Gasteiger partial charge >= 0.3 is 0 Å². The van der Waals surface area contributed by atoms with E-state index in [9.17, 15) is 14.4 Å². The van der Waals surface area contributed by atoms with Gasteiger partial charge in [0.1, 0.15) is 5.78 Å². The molecule has 2 atom stereocenters. The lowest BCUT2D eigenvalue weighted by Gasteiger charge is -2.41. The highest BCUT2D eigenvalue weighted by Gasteiger charge is 2.38. The topological polar surface area (TPSA) is 54.5 Å². The molecular formula is C20H27NO3. The molecular weight excluding hydrogens is 302 g/mol. The molecule has 0 aromatic heterocycles. The van der Waals surface area contributed by atoms with Crippen molar-refractivity contribution in [2.75, 3.05) is 0 Å². The Balaban J connectivity index is 2.26. The van der Waals surface area contributed by atoms with E-state index in [1.807, 2.05) is 25.1 Å². The van der Waals surface area contributed by atoms with Crippen LogP contribution in [0.1, 0.15) is 69.2 Å². The van der Waals surface area contributed by atoms with E-state index in [4.69, 9.17) is 0 Å². The third-order valence-electron chi connectivity index (χ3n) is 4.79. The number of benzene rings is 1. The maximum atomic E-state index is 13.0. The van der Waals surface area contributed by atoms with Crippen LogP contribution in [0.3, 0.4) is 0 Å². The number of piperidine rings is 1. The summed E-state index contributed by atoms with van der Waals surface area (Å²) >= 11 is 0. The first-order chi connectivity index (χ1) is 11.6. The normalized spacial score (nSPS) is 20.9. The van der Waals surface area contributed by atoms with Crippen molar-refractivity contribution in [3.63, 3.8) is 0 Å². The fourth-order valence-corrected chi connectivity index (χ4v) is 3.45. The lowest BCUT2D eigenvalue weighted by molar-refractivity contribution is -0.128. The minimum Gasteiger partial charge on any atom is -0.326 e. The van der Waals surface area contributed by atoms with E-state index in [1.165, 1.54) is 0 Å². The second-order valence-electron chi connectivity index (χ2n) is 6.47. The van der Waals surface area contributed by atoms with E-state index < -0.39 is 6.04 Å². The molecule has 4 nitrogen and oxygen atoms in total. The molecule has 0 N–H and O–H groups in total. The quantitative estimate of drug-likeness (QED) is 0.765. The number of carbonyl (C=O) groups excluding carboxylic acids is 3. The molecule has 1 aromatic rings. The second kappa shape index (κ2) is 8.76. The van der Waals surface area contributed by atoms with Gasteiger partial charge in [-0.15, -0.1) is 0 Å². The van der Waals surface area contributed by atoms with Crippen LogP contribution in [0.2, 0.25) is 0 Å². The predicted octanol–water partition coefficient (Wildman–Crippen LogP) is 3.79. The van der Waals surface area contributed by atoms with E-state index in [0.717, 1.165) is 19.3 Å². The summed E-state index contributed by atoms with van der Waals surface area (Å²) < 4.78 is 0. The SMILES string of the molecule is CCC[C@H]1CCC(=O)[C@@H](CCC(=O)CC)N1C(=O)c1ccccc1. The average molecular weight is 329 g/mol. The van der Waals surface area contributed by atoms with Gasteiger partial charge in [0, 0.05) is 30.9 Å². The molecule has 1 saturated heterocycles. The molecule has 1 aliphatic rings. The third-order valence-corrected chi connectivity index (χ3v) is 4.79. The number of carbonyl (C=O) groups is 3. The lowest BCUT2D eigenvalue weighted by atomic mass is 9.88. The summed E-state index contributed by atoms with van der Waals surface area (Å²) in [5.74, 6) is 0.152. The van der Waals surface area contributed by atoms with Crippen molar-refractivity contribution in [1.82, 2.24) is 4.90 Å². The Hall–Kier alpha value is -1.97. The van der Waals surface area contributed by atoms with Crippen LogP contribution in [0.25, 0.3) is 0 Å². The van der Waals surface area contributed by atoms with Crippen LogP contribution in [-0.2, 0) is 9.59 Å². The Morgan fingerprint density at radius 1 is 1.12 bits per heavy atom. The predicted molar refractivity (Wildman–Crippen MR) is 93.9 cm³/mol. The molecule has 1 heterocycles. The van der Waals surface area contributed by atoms with Crippen molar-refractivity contribution in [1.29, 1.82) is 0 Å². The van der Waals surface area contributed by atoms with E-state index in [-0.39, 0.29) is 23.5 Å². The van der Waals surface area contributed by atoms with Crippen LogP contribution in [0.5, 0.6) is 0 Å². The molecule has 0 saturated carbocycles. The zero-order chi connectivity index (χ0) is 17.5. The summed E-state index contributed by atoms with van der Waals surface area (Å²) in [5.41, 5.74) is 0.611. The summed E-state index contributed by atoms with van der Waals surface area (Å²) in [4.78, 5) is 39.0. The molecule has 0 spiro atoms. The standard InChI is InChI=1S/C20H27NO3/c1-3-8-16-11-14-19(23)18(13-12-17(22)4-2)21(16)20(24)15-9-6-5-7-10-15/h5-7,9-10,16,18H,3-4,8,11-14H2,1-2H3/t16-,18+/m0/s1. The van der Waals surface area contributed by atoms with Crippen molar-refractivity contribution in [2.45, 2.75) is 70.9 Å². The van der Waals surface area contributed by atoms with Crippen molar-refractivity contribution in [3.05, 3.63) is 35.9 Å². The number of nitrogens with zero attached hydrogens (tertiary/aromatic N) is 1. The average Bonchev–Trinajstić information content (AvgIpc) is 2.61. The first-order valence-corrected chi connectivity index (χ1v) is 9.00. The fraction of sp³-hybridized carbons (Fsp3) is 0.550. The Bertz CT molecular complexity index is 582. The highest BCUT2D eigenvalue weighted by Crippen LogP contribution is 2.28. The van der Waals surface area contributed by atoms with Gasteiger partial charge in [-0.25, -0.2) is 0 Å². The summed E-state index contributed by atoms with van der Waals surface area (Å²) in [7, 11) is 0. The minimum absolute atomic E-state index is 0.0853. The molecule has 0 bridgehead atoms. The van der Waals surface area contributed by atoms with Gasteiger partial charge in [-0.2, -0.15) is 0 Å². The Morgan fingerprint density at radius 3 is 2.46 bits per heavy atom. The molecule has 0 aliphatic carbocycles. The highest BCUT2D eigenvalue weighted by molar-refractivity contribution is 5.99. The van der Waals surface area contributed by atoms with Crippen LogP contribution in [0, 0.1) is 0 Å². The molecule has 0 unspecified atom stereocenters. The van der Waals surface area contributed by atoms with Gasteiger partial charge in [-0.1, -0.05) is 38.5 Å². The molecule has 1 aliphatic heterocycles. The Kier molecular flexibility index (Phi) is 6.71. The van der Waals surface area contributed by atoms with E-state index in [1.54, 1.807) is 17.0 Å². The van der Waals surface area contributed by atoms with Gasteiger partial charge in [0.15, 0.2) is 5.78 Å². The van der Waals surface area contributed by atoms with Crippen LogP contribution < -0.4 is 0 Å². The molecule has 1 fully saturated rings. The summed E-state index contributed by atoms with van der Waals surface area (Å²) in [6, 6.07) is 8.75. The minimum atomic E-state index is -0.460. The maximum Gasteiger partial charge on any atom is 0.254 e. The third kappa shape index (κ3) is 4.31. The maximum absolute atomic E-state index is 13.0. The smallest absolute Gasteiger partial charge is 0.254 e. The fourth-order valence-electron chi connectivity index (χ4n) is 3.45. The molecule has 2 rings (SSSR count). The number of likely N-dealkylation sites (tertiary alicyclic amines) is 1. The first-order valence-electron chi connectivity index (χ1n) is 9.00. The van der Waals surface area contributed by atoms with E-state index in [2.05, 4.69) is 6.92 Å². The number of amides is 1. The van der Waals surface area contributed by atoms with Crippen LogP contribution in [0.15, 0.2) is 30.3 Å². The van der Waals surface area contributed by atoms with Crippen LogP contribution >= 0.6 is 0 Å². The van der Waals surface area contributed by atoms with Gasteiger partial charge in [-0.3, -0.25) is 14.4 Å². The van der Waals surface area contributed by atoms with Crippen molar-refractivity contribution in [3.8, 4) is 0 Å². The number of ketones is 2. The zero-order valence-electron chi connectivity index (χ0n) is 14.7. The highest BCUT2D eigenvalue weighted by atomic mass is 16.2. The molecule has 0 radical (unpaired) electrons. The Labute approximate surface area is 144 Å². The number of Topliss-reactive ketones (excluding diaryl/α,β-unsaturated/α-hetero) is 2. The number of hydrogen-bond acceptors (Lipinski definition) is 3.